The van der Waals surface area contributed by atoms with E-state index in [1.54, 1.807) is 0 Å². The van der Waals surface area contributed by atoms with Gasteiger partial charge in [0, 0.05) is 13.0 Å². The molecule has 0 aliphatic carbocycles. The number of unbranched alkanes of at least 4 members (excludes halogenated alkanes) is 10. The van der Waals surface area contributed by atoms with Crippen molar-refractivity contribution in [2.24, 2.45) is 0 Å². The van der Waals surface area contributed by atoms with Crippen molar-refractivity contribution in [3.05, 3.63) is 146 Å². The molecule has 1 unspecified atom stereocenters. The van der Waals surface area contributed by atoms with E-state index in [1.165, 1.54) is 25.7 Å². The van der Waals surface area contributed by atoms with Gasteiger partial charge in [-0.3, -0.25) is 9.59 Å². The Hall–Kier alpha value is -4.22. The van der Waals surface area contributed by atoms with E-state index in [2.05, 4.69) is 154 Å². The second-order valence-electron chi connectivity index (χ2n) is 15.9. The molecule has 5 heteroatoms. The Balaban J connectivity index is 4.50. The molecule has 64 heavy (non-hydrogen) atoms. The number of ether oxygens (including phenoxy) is 3. The molecule has 0 spiro atoms. The van der Waals surface area contributed by atoms with Crippen LogP contribution < -0.4 is 0 Å². The molecular formula is C59H92O5. The number of carbonyl (C=O) groups is 2. The van der Waals surface area contributed by atoms with Crippen molar-refractivity contribution < 1.29 is 23.8 Å². The van der Waals surface area contributed by atoms with Crippen LogP contribution in [0.3, 0.4) is 0 Å². The quantitative estimate of drug-likeness (QED) is 0.0347. The number of hydrogen-bond donors (Lipinski definition) is 0. The molecule has 0 saturated heterocycles. The number of allylic oxidation sites excluding steroid dienone is 23. The van der Waals surface area contributed by atoms with Crippen LogP contribution in [0.1, 0.15) is 188 Å². The molecular weight excluding hydrogens is 789 g/mol. The molecule has 0 aromatic rings. The van der Waals surface area contributed by atoms with Crippen LogP contribution in [-0.2, 0) is 23.8 Å². The van der Waals surface area contributed by atoms with E-state index in [4.69, 9.17) is 14.2 Å². The summed E-state index contributed by atoms with van der Waals surface area (Å²) in [5.74, 6) is -0.586. The molecule has 0 radical (unpaired) electrons. The molecule has 0 rings (SSSR count). The van der Waals surface area contributed by atoms with Gasteiger partial charge in [-0.05, 0) is 116 Å². The maximum atomic E-state index is 12.7. The lowest BCUT2D eigenvalue weighted by Crippen LogP contribution is -2.29. The molecule has 0 aromatic carbocycles. The van der Waals surface area contributed by atoms with Crippen molar-refractivity contribution >= 4 is 11.9 Å². The smallest absolute Gasteiger partial charge is 0.310 e. The number of carbonyl (C=O) groups excluding carboxylic acids is 2. The van der Waals surface area contributed by atoms with Gasteiger partial charge in [0.1, 0.15) is 6.61 Å². The Labute approximate surface area is 393 Å². The Morgan fingerprint density at radius 1 is 0.359 bits per heavy atom. The van der Waals surface area contributed by atoms with Crippen LogP contribution in [0.15, 0.2) is 146 Å². The lowest BCUT2D eigenvalue weighted by Gasteiger charge is -2.18. The van der Waals surface area contributed by atoms with Gasteiger partial charge in [-0.15, -0.1) is 0 Å². The minimum atomic E-state index is -0.622. The molecule has 0 bridgehead atoms. The first-order chi connectivity index (χ1) is 31.6. The van der Waals surface area contributed by atoms with Crippen molar-refractivity contribution in [2.75, 3.05) is 19.8 Å². The molecule has 0 heterocycles. The maximum Gasteiger partial charge on any atom is 0.310 e. The normalized spacial score (nSPS) is 13.5. The number of hydrogen-bond acceptors (Lipinski definition) is 5. The van der Waals surface area contributed by atoms with Crippen LogP contribution in [0, 0.1) is 0 Å². The summed E-state index contributed by atoms with van der Waals surface area (Å²) >= 11 is 0. The lowest BCUT2D eigenvalue weighted by molar-refractivity contribution is -0.162. The van der Waals surface area contributed by atoms with Crippen molar-refractivity contribution in [1.82, 2.24) is 0 Å². The highest BCUT2D eigenvalue weighted by Crippen LogP contribution is 2.12. The van der Waals surface area contributed by atoms with E-state index in [1.807, 2.05) is 12.2 Å². The number of esters is 2. The van der Waals surface area contributed by atoms with Crippen LogP contribution in [0.2, 0.25) is 0 Å². The van der Waals surface area contributed by atoms with Crippen LogP contribution in [0.4, 0.5) is 0 Å². The summed E-state index contributed by atoms with van der Waals surface area (Å²) in [6.07, 6.45) is 77.4. The van der Waals surface area contributed by atoms with Crippen molar-refractivity contribution in [1.29, 1.82) is 0 Å². The van der Waals surface area contributed by atoms with Gasteiger partial charge in [-0.1, -0.05) is 205 Å². The standard InChI is InChI=1S/C59H92O5/c1-4-7-10-13-16-19-22-25-28-30-32-34-37-40-43-46-49-52-58(60)63-56-57(55-62-54-51-48-45-42-39-36-33-29-26-23-20-17-14-11-8-5-2)64-59(61)53-50-47-44-41-38-35-31-27-24-21-18-15-12-9-6-3/h7-12,16-21,25-29,31,36,38-39,41,47,50,57H,4-6,13-15,22-24,30,32-35,37,40,42-46,48-49,51-56H2,1-3H3/b10-7-,11-8-,12-9-,19-16-,20-17-,21-18-,28-25-,29-26-,31-27-,39-36-,41-38-,50-47-. The highest BCUT2D eigenvalue weighted by molar-refractivity contribution is 5.71. The van der Waals surface area contributed by atoms with Gasteiger partial charge < -0.3 is 14.2 Å². The van der Waals surface area contributed by atoms with E-state index in [0.29, 0.717) is 13.0 Å². The zero-order valence-electron chi connectivity index (χ0n) is 41.0. The van der Waals surface area contributed by atoms with Crippen LogP contribution in [-0.4, -0.2) is 37.9 Å². The summed E-state index contributed by atoms with van der Waals surface area (Å²) < 4.78 is 17.2. The van der Waals surface area contributed by atoms with Crippen LogP contribution in [0.5, 0.6) is 0 Å². The van der Waals surface area contributed by atoms with Crippen molar-refractivity contribution in [2.45, 2.75) is 194 Å². The zero-order valence-corrected chi connectivity index (χ0v) is 41.0. The van der Waals surface area contributed by atoms with Crippen molar-refractivity contribution in [3.8, 4) is 0 Å². The first kappa shape index (κ1) is 59.8. The van der Waals surface area contributed by atoms with Gasteiger partial charge in [0.2, 0.25) is 0 Å². The zero-order chi connectivity index (χ0) is 46.3. The topological polar surface area (TPSA) is 61.8 Å². The molecule has 0 fully saturated rings. The SMILES string of the molecule is CC/C=C\C/C=C\C/C=C\C/C=C\C/C=C\CC(=O)OC(COCCCCC/C=C\C/C=C\C/C=C\C/C=C\CC)COC(=O)CCCCCCCCC/C=C\C/C=C\C/C=C\CC. The summed E-state index contributed by atoms with van der Waals surface area (Å²) in [7, 11) is 0. The fourth-order valence-corrected chi connectivity index (χ4v) is 6.24. The minimum absolute atomic E-state index is 0.0170. The average molecular weight is 881 g/mol. The van der Waals surface area contributed by atoms with Gasteiger partial charge >= 0.3 is 11.9 Å². The molecule has 1 atom stereocenters. The van der Waals surface area contributed by atoms with Gasteiger partial charge in [0.15, 0.2) is 6.10 Å². The lowest BCUT2D eigenvalue weighted by atomic mass is 10.1. The predicted octanol–water partition coefficient (Wildman–Crippen LogP) is 17.3. The third kappa shape index (κ3) is 50.4. The fourth-order valence-electron chi connectivity index (χ4n) is 6.24. The van der Waals surface area contributed by atoms with E-state index in [9.17, 15) is 9.59 Å². The third-order valence-electron chi connectivity index (χ3n) is 9.88. The number of rotatable bonds is 44. The van der Waals surface area contributed by atoms with E-state index in [-0.39, 0.29) is 31.6 Å². The molecule has 0 aliphatic heterocycles. The second kappa shape index (κ2) is 53.1. The fraction of sp³-hybridized carbons (Fsp3) is 0.559. The molecule has 0 amide bonds. The monoisotopic (exact) mass is 881 g/mol. The Kier molecular flexibility index (Phi) is 49.6. The van der Waals surface area contributed by atoms with E-state index >= 15 is 0 Å². The summed E-state index contributed by atoms with van der Waals surface area (Å²) in [5, 5.41) is 0. The van der Waals surface area contributed by atoms with Crippen LogP contribution in [0.25, 0.3) is 0 Å². The summed E-state index contributed by atoms with van der Waals surface area (Å²) in [4.78, 5) is 25.3. The van der Waals surface area contributed by atoms with Gasteiger partial charge in [0.05, 0.1) is 13.0 Å². The molecule has 0 aromatic heterocycles. The first-order valence-corrected chi connectivity index (χ1v) is 25.4. The minimum Gasteiger partial charge on any atom is -0.462 e. The first-order valence-electron chi connectivity index (χ1n) is 25.4. The summed E-state index contributed by atoms with van der Waals surface area (Å²) in [5.41, 5.74) is 0. The summed E-state index contributed by atoms with van der Waals surface area (Å²) in [6.45, 7) is 7.27. The van der Waals surface area contributed by atoms with Crippen LogP contribution >= 0.6 is 0 Å². The van der Waals surface area contributed by atoms with Gasteiger partial charge in [0.25, 0.3) is 0 Å². The largest absolute Gasteiger partial charge is 0.462 e. The van der Waals surface area contributed by atoms with Gasteiger partial charge in [-0.25, -0.2) is 0 Å². The molecule has 0 N–H and O–H groups in total. The molecule has 5 nitrogen and oxygen atoms in total. The van der Waals surface area contributed by atoms with E-state index in [0.717, 1.165) is 128 Å². The molecule has 0 saturated carbocycles. The Morgan fingerprint density at radius 3 is 1.12 bits per heavy atom. The highest BCUT2D eigenvalue weighted by atomic mass is 16.6. The maximum absolute atomic E-state index is 12.7. The predicted molar refractivity (Wildman–Crippen MR) is 278 cm³/mol. The Morgan fingerprint density at radius 2 is 0.703 bits per heavy atom. The second-order valence-corrected chi connectivity index (χ2v) is 15.9. The molecule has 358 valence electrons. The van der Waals surface area contributed by atoms with E-state index < -0.39 is 6.10 Å². The average Bonchev–Trinajstić information content (AvgIpc) is 3.30. The Bertz CT molecular complexity index is 1410. The highest BCUT2D eigenvalue weighted by Gasteiger charge is 2.17. The summed E-state index contributed by atoms with van der Waals surface area (Å²) in [6, 6.07) is 0. The van der Waals surface area contributed by atoms with Gasteiger partial charge in [-0.2, -0.15) is 0 Å². The van der Waals surface area contributed by atoms with Crippen molar-refractivity contribution in [3.63, 3.8) is 0 Å². The molecule has 0 aliphatic rings. The third-order valence-corrected chi connectivity index (χ3v) is 9.88.